The molecule has 0 saturated heterocycles. The Labute approximate surface area is 68.6 Å². The molecule has 0 aromatic carbocycles. The highest BCUT2D eigenvalue weighted by atomic mass is 16.3. The van der Waals surface area contributed by atoms with E-state index >= 15 is 0 Å². The predicted octanol–water partition coefficient (Wildman–Crippen LogP) is 1.76. The normalized spacial score (nSPS) is 14.6. The molecule has 0 aliphatic heterocycles. The molecule has 66 valence electrons. The van der Waals surface area contributed by atoms with E-state index < -0.39 is 6.10 Å². The summed E-state index contributed by atoms with van der Waals surface area (Å²) in [5.41, 5.74) is 0.106. The van der Waals surface area contributed by atoms with Gasteiger partial charge in [0, 0.05) is 6.42 Å². The highest BCUT2D eigenvalue weighted by Crippen LogP contribution is 2.21. The molecule has 0 aromatic rings. The van der Waals surface area contributed by atoms with Gasteiger partial charge in [-0.3, -0.25) is 4.79 Å². The van der Waals surface area contributed by atoms with Gasteiger partial charge >= 0.3 is 0 Å². The van der Waals surface area contributed by atoms with Gasteiger partial charge < -0.3 is 5.11 Å². The third kappa shape index (κ3) is 7.53. The quantitative estimate of drug-likeness (QED) is 0.679. The first-order valence-electron chi connectivity index (χ1n) is 3.99. The summed E-state index contributed by atoms with van der Waals surface area (Å²) in [7, 11) is 0. The van der Waals surface area contributed by atoms with E-state index in [9.17, 15) is 9.90 Å². The lowest BCUT2D eigenvalue weighted by atomic mass is 9.88. The number of hydrogen-bond donors (Lipinski definition) is 1. The van der Waals surface area contributed by atoms with Gasteiger partial charge in [0.05, 0.1) is 6.10 Å². The van der Waals surface area contributed by atoms with Crippen LogP contribution >= 0.6 is 0 Å². The number of hydrogen-bond acceptors (Lipinski definition) is 2. The molecule has 1 unspecified atom stereocenters. The maximum absolute atomic E-state index is 10.6. The van der Waals surface area contributed by atoms with Crippen LogP contribution in [0.5, 0.6) is 0 Å². The number of Topliss-reactive ketones (excluding diaryl/α,β-unsaturated/α-hetero) is 1. The van der Waals surface area contributed by atoms with Crippen LogP contribution < -0.4 is 0 Å². The van der Waals surface area contributed by atoms with Crippen molar-refractivity contribution < 1.29 is 9.90 Å². The van der Waals surface area contributed by atoms with Crippen molar-refractivity contribution in [3.8, 4) is 0 Å². The third-order valence-electron chi connectivity index (χ3n) is 1.37. The van der Waals surface area contributed by atoms with Crippen LogP contribution in [-0.2, 0) is 4.79 Å². The van der Waals surface area contributed by atoms with Gasteiger partial charge in [0.1, 0.15) is 5.78 Å². The minimum Gasteiger partial charge on any atom is -0.393 e. The van der Waals surface area contributed by atoms with E-state index in [4.69, 9.17) is 0 Å². The van der Waals surface area contributed by atoms with Crippen molar-refractivity contribution in [3.63, 3.8) is 0 Å². The molecule has 2 heteroatoms. The molecule has 0 aromatic heterocycles. The number of carbonyl (C=O) groups excluding carboxylic acids is 1. The second-order valence-corrected chi connectivity index (χ2v) is 4.32. The van der Waals surface area contributed by atoms with Crippen molar-refractivity contribution >= 4 is 5.78 Å². The van der Waals surface area contributed by atoms with Crippen LogP contribution in [0.15, 0.2) is 0 Å². The largest absolute Gasteiger partial charge is 0.393 e. The molecule has 0 aliphatic carbocycles. The molecule has 0 amide bonds. The van der Waals surface area contributed by atoms with E-state index in [-0.39, 0.29) is 17.6 Å². The Kier molecular flexibility index (Phi) is 3.73. The van der Waals surface area contributed by atoms with E-state index in [2.05, 4.69) is 20.8 Å². The summed E-state index contributed by atoms with van der Waals surface area (Å²) in [6, 6.07) is 0. The first-order valence-corrected chi connectivity index (χ1v) is 3.99. The SMILES string of the molecule is CC(=O)CC(O)CC(C)(C)C. The van der Waals surface area contributed by atoms with Crippen LogP contribution in [0.25, 0.3) is 0 Å². The van der Waals surface area contributed by atoms with Crippen molar-refractivity contribution in [1.82, 2.24) is 0 Å². The van der Waals surface area contributed by atoms with Crippen molar-refractivity contribution in [1.29, 1.82) is 0 Å². The van der Waals surface area contributed by atoms with Crippen molar-refractivity contribution in [2.45, 2.75) is 46.6 Å². The average Bonchev–Trinajstić information content (AvgIpc) is 1.53. The number of rotatable bonds is 3. The Balaban J connectivity index is 3.69. The Hall–Kier alpha value is -0.370. The first kappa shape index (κ1) is 10.6. The van der Waals surface area contributed by atoms with Crippen molar-refractivity contribution in [2.75, 3.05) is 0 Å². The smallest absolute Gasteiger partial charge is 0.132 e. The minimum atomic E-state index is -0.465. The fourth-order valence-corrected chi connectivity index (χ4v) is 1.11. The summed E-state index contributed by atoms with van der Waals surface area (Å²) < 4.78 is 0. The van der Waals surface area contributed by atoms with Gasteiger partial charge in [-0.25, -0.2) is 0 Å². The molecule has 0 fully saturated rings. The molecule has 1 N–H and O–H groups in total. The zero-order valence-corrected chi connectivity index (χ0v) is 7.85. The lowest BCUT2D eigenvalue weighted by Crippen LogP contribution is -2.19. The summed E-state index contributed by atoms with van der Waals surface area (Å²) in [4.78, 5) is 10.6. The summed E-state index contributed by atoms with van der Waals surface area (Å²) in [5, 5.41) is 9.33. The number of ketones is 1. The van der Waals surface area contributed by atoms with E-state index in [1.54, 1.807) is 0 Å². The fraction of sp³-hybridized carbons (Fsp3) is 0.889. The summed E-state index contributed by atoms with van der Waals surface area (Å²) in [6.45, 7) is 7.66. The van der Waals surface area contributed by atoms with Crippen LogP contribution in [0, 0.1) is 5.41 Å². The molecule has 2 nitrogen and oxygen atoms in total. The molecule has 0 saturated carbocycles. The van der Waals surface area contributed by atoms with Gasteiger partial charge in [-0.1, -0.05) is 20.8 Å². The van der Waals surface area contributed by atoms with Gasteiger partial charge in [-0.05, 0) is 18.8 Å². The van der Waals surface area contributed by atoms with Crippen molar-refractivity contribution in [3.05, 3.63) is 0 Å². The fourth-order valence-electron chi connectivity index (χ4n) is 1.11. The minimum absolute atomic E-state index is 0.0572. The standard InChI is InChI=1S/C9H18O2/c1-7(10)5-8(11)6-9(2,3)4/h8,11H,5-6H2,1-4H3. The van der Waals surface area contributed by atoms with Crippen LogP contribution in [0.3, 0.4) is 0 Å². The van der Waals surface area contributed by atoms with Crippen LogP contribution in [0.4, 0.5) is 0 Å². The van der Waals surface area contributed by atoms with Crippen molar-refractivity contribution in [2.24, 2.45) is 5.41 Å². The van der Waals surface area contributed by atoms with E-state index in [1.807, 2.05) is 0 Å². The lowest BCUT2D eigenvalue weighted by Gasteiger charge is -2.21. The maximum atomic E-state index is 10.6. The second-order valence-electron chi connectivity index (χ2n) is 4.32. The average molecular weight is 158 g/mol. The molecule has 0 aliphatic rings. The van der Waals surface area contributed by atoms with Gasteiger partial charge in [-0.15, -0.1) is 0 Å². The molecule has 1 atom stereocenters. The van der Waals surface area contributed by atoms with Crippen LogP contribution in [-0.4, -0.2) is 17.0 Å². The van der Waals surface area contributed by atoms with Gasteiger partial charge in [0.25, 0.3) is 0 Å². The van der Waals surface area contributed by atoms with E-state index in [0.717, 1.165) is 0 Å². The van der Waals surface area contributed by atoms with Crippen LogP contribution in [0.2, 0.25) is 0 Å². The zero-order valence-electron chi connectivity index (χ0n) is 7.85. The molecule has 0 radical (unpaired) electrons. The Morgan fingerprint density at radius 3 is 2.18 bits per heavy atom. The molecule has 0 spiro atoms. The zero-order chi connectivity index (χ0) is 9.07. The maximum Gasteiger partial charge on any atom is 0.132 e. The molecule has 0 heterocycles. The number of aliphatic hydroxyl groups excluding tert-OH is 1. The Morgan fingerprint density at radius 1 is 1.45 bits per heavy atom. The summed E-state index contributed by atoms with van der Waals surface area (Å²) in [5.74, 6) is 0.0572. The summed E-state index contributed by atoms with van der Waals surface area (Å²) in [6.07, 6.45) is 0.511. The second kappa shape index (κ2) is 3.86. The topological polar surface area (TPSA) is 37.3 Å². The highest BCUT2D eigenvalue weighted by molar-refractivity contribution is 5.75. The number of carbonyl (C=O) groups is 1. The monoisotopic (exact) mass is 158 g/mol. The lowest BCUT2D eigenvalue weighted by molar-refractivity contribution is -0.119. The Morgan fingerprint density at radius 2 is 1.91 bits per heavy atom. The molecule has 0 rings (SSSR count). The number of aliphatic hydroxyl groups is 1. The van der Waals surface area contributed by atoms with E-state index in [0.29, 0.717) is 6.42 Å². The molecule has 0 bridgehead atoms. The molecular weight excluding hydrogens is 140 g/mol. The van der Waals surface area contributed by atoms with Gasteiger partial charge in [0.2, 0.25) is 0 Å². The summed E-state index contributed by atoms with van der Waals surface area (Å²) >= 11 is 0. The molecular formula is C9H18O2. The Bertz CT molecular complexity index is 133. The van der Waals surface area contributed by atoms with Gasteiger partial charge in [0.15, 0.2) is 0 Å². The predicted molar refractivity (Wildman–Crippen MR) is 45.4 cm³/mol. The van der Waals surface area contributed by atoms with E-state index in [1.165, 1.54) is 6.92 Å². The van der Waals surface area contributed by atoms with Crippen LogP contribution in [0.1, 0.15) is 40.5 Å². The first-order chi connectivity index (χ1) is 4.81. The van der Waals surface area contributed by atoms with Gasteiger partial charge in [-0.2, -0.15) is 0 Å². The molecule has 11 heavy (non-hydrogen) atoms. The highest BCUT2D eigenvalue weighted by Gasteiger charge is 2.17. The third-order valence-corrected chi connectivity index (χ3v) is 1.37.